The minimum Gasteiger partial charge on any atom is -0.495 e. The second-order valence-electron chi connectivity index (χ2n) is 6.02. The number of hydrogen-bond donors (Lipinski definition) is 3. The first-order valence-electron chi connectivity index (χ1n) is 8.17. The highest BCUT2D eigenvalue weighted by atomic mass is 35.5. The van der Waals surface area contributed by atoms with Gasteiger partial charge in [0.25, 0.3) is 0 Å². The van der Waals surface area contributed by atoms with Gasteiger partial charge in [-0.25, -0.2) is 4.79 Å². The van der Waals surface area contributed by atoms with Crippen LogP contribution in [0.5, 0.6) is 5.75 Å². The van der Waals surface area contributed by atoms with Gasteiger partial charge in [0.15, 0.2) is 0 Å². The third kappa shape index (κ3) is 5.39. The Morgan fingerprint density at radius 1 is 1.04 bits per heavy atom. The summed E-state index contributed by atoms with van der Waals surface area (Å²) in [6, 6.07) is 12.7. The van der Waals surface area contributed by atoms with Crippen LogP contribution in [0.3, 0.4) is 0 Å². The summed E-state index contributed by atoms with van der Waals surface area (Å²) in [4.78, 5) is 24.9. The smallest absolute Gasteiger partial charge is 0.319 e. The molecule has 2 aromatic rings. The third-order valence-corrected chi connectivity index (χ3v) is 3.92. The van der Waals surface area contributed by atoms with Gasteiger partial charge in [0.1, 0.15) is 11.8 Å². The number of ether oxygens (including phenoxy) is 1. The number of urea groups is 1. The molecule has 0 unspecified atom stereocenters. The van der Waals surface area contributed by atoms with Crippen molar-refractivity contribution in [2.24, 2.45) is 5.92 Å². The normalized spacial score (nSPS) is 11.6. The van der Waals surface area contributed by atoms with E-state index in [-0.39, 0.29) is 11.8 Å². The zero-order valence-corrected chi connectivity index (χ0v) is 15.6. The van der Waals surface area contributed by atoms with E-state index in [0.29, 0.717) is 22.1 Å². The monoisotopic (exact) mass is 375 g/mol. The molecule has 0 aliphatic carbocycles. The Morgan fingerprint density at radius 3 is 2.35 bits per heavy atom. The number of para-hydroxylation sites is 1. The molecule has 0 heterocycles. The fraction of sp³-hybridized carbons (Fsp3) is 0.263. The van der Waals surface area contributed by atoms with Gasteiger partial charge in [0, 0.05) is 10.7 Å². The minimum absolute atomic E-state index is 0.123. The van der Waals surface area contributed by atoms with Gasteiger partial charge in [-0.05, 0) is 36.2 Å². The largest absolute Gasteiger partial charge is 0.495 e. The summed E-state index contributed by atoms with van der Waals surface area (Å²) in [6.45, 7) is 3.70. The molecule has 2 aromatic carbocycles. The zero-order chi connectivity index (χ0) is 19.1. The van der Waals surface area contributed by atoms with Crippen molar-refractivity contribution in [2.45, 2.75) is 19.9 Å². The number of halogens is 1. The lowest BCUT2D eigenvalue weighted by molar-refractivity contribution is -0.118. The van der Waals surface area contributed by atoms with E-state index in [0.717, 1.165) is 0 Å². The highest BCUT2D eigenvalue weighted by molar-refractivity contribution is 6.31. The molecule has 2 rings (SSSR count). The zero-order valence-electron chi connectivity index (χ0n) is 14.9. The topological polar surface area (TPSA) is 79.5 Å². The van der Waals surface area contributed by atoms with Crippen LogP contribution < -0.4 is 20.7 Å². The van der Waals surface area contributed by atoms with Crippen LogP contribution in [0.25, 0.3) is 0 Å². The molecule has 138 valence electrons. The Balaban J connectivity index is 2.08. The van der Waals surface area contributed by atoms with Crippen LogP contribution in [-0.2, 0) is 4.79 Å². The van der Waals surface area contributed by atoms with Crippen LogP contribution in [0.2, 0.25) is 5.02 Å². The molecule has 0 aliphatic rings. The van der Waals surface area contributed by atoms with Crippen LogP contribution >= 0.6 is 11.6 Å². The molecule has 3 amide bonds. The van der Waals surface area contributed by atoms with Crippen molar-refractivity contribution in [2.75, 3.05) is 17.7 Å². The van der Waals surface area contributed by atoms with Crippen molar-refractivity contribution >= 4 is 34.9 Å². The lowest BCUT2D eigenvalue weighted by atomic mass is 10.0. The lowest BCUT2D eigenvalue weighted by Crippen LogP contribution is -2.48. The molecular weight excluding hydrogens is 354 g/mol. The van der Waals surface area contributed by atoms with Crippen molar-refractivity contribution < 1.29 is 14.3 Å². The maximum Gasteiger partial charge on any atom is 0.319 e. The predicted octanol–water partition coefficient (Wildman–Crippen LogP) is 4.13. The van der Waals surface area contributed by atoms with E-state index in [4.69, 9.17) is 16.3 Å². The molecule has 7 heteroatoms. The molecule has 0 radical (unpaired) electrons. The van der Waals surface area contributed by atoms with E-state index in [1.165, 1.54) is 7.11 Å². The fourth-order valence-corrected chi connectivity index (χ4v) is 2.53. The molecule has 26 heavy (non-hydrogen) atoms. The minimum atomic E-state index is -0.734. The van der Waals surface area contributed by atoms with Gasteiger partial charge in [-0.2, -0.15) is 0 Å². The lowest BCUT2D eigenvalue weighted by Gasteiger charge is -2.22. The molecule has 0 aromatic heterocycles. The van der Waals surface area contributed by atoms with Crippen molar-refractivity contribution in [3.8, 4) is 5.75 Å². The maximum atomic E-state index is 12.7. The van der Waals surface area contributed by atoms with Crippen LogP contribution in [-0.4, -0.2) is 25.1 Å². The molecule has 0 fully saturated rings. The second kappa shape index (κ2) is 9.10. The first kappa shape index (κ1) is 19.6. The Morgan fingerprint density at radius 2 is 1.73 bits per heavy atom. The van der Waals surface area contributed by atoms with E-state index in [1.807, 2.05) is 32.0 Å². The molecule has 0 spiro atoms. The average Bonchev–Trinajstić information content (AvgIpc) is 2.60. The van der Waals surface area contributed by atoms with Crippen molar-refractivity contribution in [3.63, 3.8) is 0 Å². The van der Waals surface area contributed by atoms with Crippen molar-refractivity contribution in [1.82, 2.24) is 5.32 Å². The Bertz CT molecular complexity index is 766. The standard InChI is InChI=1S/C19H22ClN3O3/c1-12(2)17(23-19(25)21-14-7-5-4-6-8-14)18(24)22-15-11-13(20)9-10-16(15)26-3/h4-12,17H,1-3H3,(H,22,24)(H2,21,23,25)/t17-/m1/s1. The Labute approximate surface area is 157 Å². The van der Waals surface area contributed by atoms with Gasteiger partial charge in [-0.3, -0.25) is 4.79 Å². The summed E-state index contributed by atoms with van der Waals surface area (Å²) < 4.78 is 5.23. The number of methoxy groups -OCH3 is 1. The van der Waals surface area contributed by atoms with Gasteiger partial charge in [0.05, 0.1) is 12.8 Å². The summed E-state index contributed by atoms with van der Waals surface area (Å²) in [5.41, 5.74) is 1.09. The molecular formula is C19H22ClN3O3. The highest BCUT2D eigenvalue weighted by Crippen LogP contribution is 2.28. The average molecular weight is 376 g/mol. The first-order valence-corrected chi connectivity index (χ1v) is 8.55. The van der Waals surface area contributed by atoms with Crippen LogP contribution in [0.4, 0.5) is 16.2 Å². The molecule has 1 atom stereocenters. The molecule has 0 saturated heterocycles. The van der Waals surface area contributed by atoms with Gasteiger partial charge in [0.2, 0.25) is 5.91 Å². The van der Waals surface area contributed by atoms with E-state index in [1.54, 1.807) is 30.3 Å². The second-order valence-corrected chi connectivity index (χ2v) is 6.46. The summed E-state index contributed by atoms with van der Waals surface area (Å²) in [7, 11) is 1.50. The number of amides is 3. The van der Waals surface area contributed by atoms with Crippen LogP contribution in [0.15, 0.2) is 48.5 Å². The van der Waals surface area contributed by atoms with Crippen LogP contribution in [0.1, 0.15) is 13.8 Å². The van der Waals surface area contributed by atoms with Crippen molar-refractivity contribution in [1.29, 1.82) is 0 Å². The van der Waals surface area contributed by atoms with E-state index >= 15 is 0 Å². The summed E-state index contributed by atoms with van der Waals surface area (Å²) in [6.07, 6.45) is 0. The summed E-state index contributed by atoms with van der Waals surface area (Å²) in [5.74, 6) is 0.00414. The van der Waals surface area contributed by atoms with Gasteiger partial charge >= 0.3 is 6.03 Å². The molecule has 3 N–H and O–H groups in total. The van der Waals surface area contributed by atoms with Gasteiger partial charge in [-0.15, -0.1) is 0 Å². The molecule has 0 saturated carbocycles. The maximum absolute atomic E-state index is 12.7. The summed E-state index contributed by atoms with van der Waals surface area (Å²) >= 11 is 5.99. The number of rotatable bonds is 6. The molecule has 0 aliphatic heterocycles. The number of hydrogen-bond acceptors (Lipinski definition) is 3. The van der Waals surface area contributed by atoms with E-state index in [2.05, 4.69) is 16.0 Å². The molecule has 6 nitrogen and oxygen atoms in total. The predicted molar refractivity (Wildman–Crippen MR) is 104 cm³/mol. The number of nitrogens with one attached hydrogen (secondary N) is 3. The van der Waals surface area contributed by atoms with Crippen LogP contribution in [0, 0.1) is 5.92 Å². The number of carbonyl (C=O) groups excluding carboxylic acids is 2. The van der Waals surface area contributed by atoms with E-state index < -0.39 is 12.1 Å². The number of benzene rings is 2. The highest BCUT2D eigenvalue weighted by Gasteiger charge is 2.25. The van der Waals surface area contributed by atoms with E-state index in [9.17, 15) is 9.59 Å². The first-order chi connectivity index (χ1) is 12.4. The quantitative estimate of drug-likeness (QED) is 0.710. The summed E-state index contributed by atoms with van der Waals surface area (Å²) in [5, 5.41) is 8.63. The SMILES string of the molecule is COc1ccc(Cl)cc1NC(=O)[C@H](NC(=O)Nc1ccccc1)C(C)C. The fourth-order valence-electron chi connectivity index (χ4n) is 2.35. The number of anilines is 2. The van der Waals surface area contributed by atoms with Gasteiger partial charge < -0.3 is 20.7 Å². The van der Waals surface area contributed by atoms with Crippen molar-refractivity contribution in [3.05, 3.63) is 53.6 Å². The Hall–Kier alpha value is -2.73. The Kier molecular flexibility index (Phi) is 6.86. The molecule has 0 bridgehead atoms. The third-order valence-electron chi connectivity index (χ3n) is 3.69. The van der Waals surface area contributed by atoms with Gasteiger partial charge in [-0.1, -0.05) is 43.6 Å². The number of carbonyl (C=O) groups is 2.